The van der Waals surface area contributed by atoms with Crippen molar-refractivity contribution in [3.05, 3.63) is 64.7 Å². The summed E-state index contributed by atoms with van der Waals surface area (Å²) in [6.07, 6.45) is -4.42. The van der Waals surface area contributed by atoms with Crippen LogP contribution in [-0.2, 0) is 24.0 Å². The van der Waals surface area contributed by atoms with Gasteiger partial charge < -0.3 is 15.0 Å². The van der Waals surface area contributed by atoms with Crippen molar-refractivity contribution in [1.29, 1.82) is 5.26 Å². The molecule has 0 unspecified atom stereocenters. The van der Waals surface area contributed by atoms with Gasteiger partial charge in [-0.25, -0.2) is 0 Å². The van der Waals surface area contributed by atoms with E-state index in [0.29, 0.717) is 44.1 Å². The Morgan fingerprint density at radius 2 is 1.85 bits per heavy atom. The molecule has 0 aromatic heterocycles. The van der Waals surface area contributed by atoms with E-state index in [2.05, 4.69) is 11.4 Å². The third-order valence-corrected chi connectivity index (χ3v) is 4.48. The van der Waals surface area contributed by atoms with Crippen LogP contribution in [0.3, 0.4) is 0 Å². The topological polar surface area (TPSA) is 48.3 Å². The van der Waals surface area contributed by atoms with Crippen molar-refractivity contribution < 1.29 is 17.9 Å². The van der Waals surface area contributed by atoms with Crippen LogP contribution >= 0.6 is 0 Å². The fourth-order valence-electron chi connectivity index (χ4n) is 3.09. The minimum absolute atomic E-state index is 0.0923. The highest BCUT2D eigenvalue weighted by Gasteiger charge is 2.34. The largest absolute Gasteiger partial charge is 0.416 e. The maximum atomic E-state index is 13.5. The van der Waals surface area contributed by atoms with Crippen LogP contribution in [0, 0.1) is 11.3 Å². The first kappa shape index (κ1) is 19.2. The molecular weight excluding hydrogens is 355 g/mol. The van der Waals surface area contributed by atoms with Crippen LogP contribution in [0.15, 0.2) is 42.5 Å². The van der Waals surface area contributed by atoms with Crippen LogP contribution in [0.2, 0.25) is 0 Å². The Morgan fingerprint density at radius 1 is 1.07 bits per heavy atom. The van der Waals surface area contributed by atoms with E-state index in [9.17, 15) is 13.2 Å². The lowest BCUT2D eigenvalue weighted by Gasteiger charge is -2.29. The number of hydrogen-bond donors (Lipinski definition) is 1. The molecule has 1 N–H and O–H groups in total. The molecule has 4 nitrogen and oxygen atoms in total. The van der Waals surface area contributed by atoms with Crippen molar-refractivity contribution in [2.24, 2.45) is 0 Å². The molecule has 3 rings (SSSR count). The van der Waals surface area contributed by atoms with Gasteiger partial charge in [-0.05, 0) is 35.4 Å². The standard InChI is InChI=1S/C20H20F3N3O/c21-20(22,23)19-11-18(26-6-8-27-9-7-26)5-4-17(19)14-25-13-16-3-1-2-15(10-16)12-24/h1-5,10-11,25H,6-9,13-14H2. The van der Waals surface area contributed by atoms with Crippen molar-refractivity contribution in [2.75, 3.05) is 31.2 Å². The lowest BCUT2D eigenvalue weighted by atomic mass is 10.0. The molecule has 0 radical (unpaired) electrons. The molecule has 1 saturated heterocycles. The lowest BCUT2D eigenvalue weighted by molar-refractivity contribution is -0.138. The minimum atomic E-state index is -4.42. The molecule has 27 heavy (non-hydrogen) atoms. The number of nitrogens with one attached hydrogen (secondary N) is 1. The third-order valence-electron chi connectivity index (χ3n) is 4.48. The van der Waals surface area contributed by atoms with E-state index in [-0.39, 0.29) is 12.1 Å². The molecule has 2 aromatic carbocycles. The molecule has 0 atom stereocenters. The van der Waals surface area contributed by atoms with Gasteiger partial charge in [0, 0.05) is 31.9 Å². The first-order valence-corrected chi connectivity index (χ1v) is 8.70. The van der Waals surface area contributed by atoms with E-state index >= 15 is 0 Å². The fraction of sp³-hybridized carbons (Fsp3) is 0.350. The van der Waals surface area contributed by atoms with Crippen molar-refractivity contribution in [2.45, 2.75) is 19.3 Å². The molecule has 1 fully saturated rings. The average Bonchev–Trinajstić information content (AvgIpc) is 2.68. The van der Waals surface area contributed by atoms with Crippen LogP contribution in [0.5, 0.6) is 0 Å². The Bertz CT molecular complexity index is 824. The number of nitriles is 1. The maximum absolute atomic E-state index is 13.5. The molecule has 0 amide bonds. The summed E-state index contributed by atoms with van der Waals surface area (Å²) in [4.78, 5) is 1.91. The number of alkyl halides is 3. The Labute approximate surface area is 156 Å². The lowest BCUT2D eigenvalue weighted by Crippen LogP contribution is -2.36. The molecule has 1 heterocycles. The Balaban J connectivity index is 1.72. The van der Waals surface area contributed by atoms with Crippen LogP contribution in [0.25, 0.3) is 0 Å². The molecule has 0 spiro atoms. The zero-order chi connectivity index (χ0) is 19.3. The summed E-state index contributed by atoms with van der Waals surface area (Å²) < 4.78 is 45.9. The summed E-state index contributed by atoms with van der Waals surface area (Å²) in [5.74, 6) is 0. The van der Waals surface area contributed by atoms with E-state index in [1.807, 2.05) is 11.0 Å². The summed E-state index contributed by atoms with van der Waals surface area (Å²) in [6.45, 7) is 2.69. The molecule has 1 aliphatic heterocycles. The highest BCUT2D eigenvalue weighted by molar-refractivity contribution is 5.52. The second-order valence-corrected chi connectivity index (χ2v) is 6.35. The van der Waals surface area contributed by atoms with Crippen molar-refractivity contribution in [1.82, 2.24) is 5.32 Å². The molecular formula is C20H20F3N3O. The summed E-state index contributed by atoms with van der Waals surface area (Å²) in [5, 5.41) is 12.0. The third kappa shape index (κ3) is 5.00. The molecule has 7 heteroatoms. The minimum Gasteiger partial charge on any atom is -0.378 e. The van der Waals surface area contributed by atoms with Crippen LogP contribution in [0.1, 0.15) is 22.3 Å². The second kappa shape index (κ2) is 8.42. The number of nitrogens with zero attached hydrogens (tertiary/aromatic N) is 2. The average molecular weight is 375 g/mol. The van der Waals surface area contributed by atoms with Gasteiger partial charge >= 0.3 is 6.18 Å². The highest BCUT2D eigenvalue weighted by atomic mass is 19.4. The zero-order valence-corrected chi connectivity index (χ0v) is 14.7. The van der Waals surface area contributed by atoms with Crippen molar-refractivity contribution >= 4 is 5.69 Å². The Kier molecular flexibility index (Phi) is 5.99. The second-order valence-electron chi connectivity index (χ2n) is 6.35. The van der Waals surface area contributed by atoms with Gasteiger partial charge in [-0.1, -0.05) is 18.2 Å². The number of hydrogen-bond acceptors (Lipinski definition) is 4. The van der Waals surface area contributed by atoms with Gasteiger partial charge in [0.25, 0.3) is 0 Å². The molecule has 0 aliphatic carbocycles. The van der Waals surface area contributed by atoms with E-state index < -0.39 is 11.7 Å². The van der Waals surface area contributed by atoms with Gasteiger partial charge in [0.15, 0.2) is 0 Å². The van der Waals surface area contributed by atoms with Gasteiger partial charge in [-0.2, -0.15) is 18.4 Å². The Hall–Kier alpha value is -2.56. The number of rotatable bonds is 5. The molecule has 142 valence electrons. The van der Waals surface area contributed by atoms with E-state index in [1.165, 1.54) is 12.1 Å². The summed E-state index contributed by atoms with van der Waals surface area (Å²) >= 11 is 0. The van der Waals surface area contributed by atoms with Gasteiger partial charge in [-0.3, -0.25) is 0 Å². The zero-order valence-electron chi connectivity index (χ0n) is 14.7. The van der Waals surface area contributed by atoms with Gasteiger partial charge in [0.1, 0.15) is 0 Å². The molecule has 0 saturated carbocycles. The van der Waals surface area contributed by atoms with Crippen LogP contribution < -0.4 is 10.2 Å². The highest BCUT2D eigenvalue weighted by Crippen LogP contribution is 2.35. The van der Waals surface area contributed by atoms with E-state index in [1.54, 1.807) is 24.3 Å². The summed E-state index contributed by atoms with van der Waals surface area (Å²) in [7, 11) is 0. The van der Waals surface area contributed by atoms with Gasteiger partial charge in [-0.15, -0.1) is 0 Å². The number of halogens is 3. The normalized spacial score (nSPS) is 14.8. The smallest absolute Gasteiger partial charge is 0.378 e. The van der Waals surface area contributed by atoms with Crippen molar-refractivity contribution in [3.63, 3.8) is 0 Å². The van der Waals surface area contributed by atoms with Crippen LogP contribution in [-0.4, -0.2) is 26.3 Å². The molecule has 0 bridgehead atoms. The fourth-order valence-corrected chi connectivity index (χ4v) is 3.09. The predicted octanol–water partition coefficient (Wildman–Crippen LogP) is 3.70. The number of ether oxygens (including phenoxy) is 1. The number of benzene rings is 2. The first-order valence-electron chi connectivity index (χ1n) is 8.70. The van der Waals surface area contributed by atoms with Gasteiger partial charge in [0.05, 0.1) is 30.4 Å². The Morgan fingerprint density at radius 3 is 2.56 bits per heavy atom. The summed E-state index contributed by atoms with van der Waals surface area (Å²) in [5.41, 5.74) is 1.53. The number of anilines is 1. The van der Waals surface area contributed by atoms with E-state index in [0.717, 1.165) is 5.56 Å². The predicted molar refractivity (Wildman–Crippen MR) is 96.2 cm³/mol. The van der Waals surface area contributed by atoms with Crippen molar-refractivity contribution in [3.8, 4) is 6.07 Å². The number of morpholine rings is 1. The maximum Gasteiger partial charge on any atom is 0.416 e. The SMILES string of the molecule is N#Cc1cccc(CNCc2ccc(N3CCOCC3)cc2C(F)(F)F)c1. The quantitative estimate of drug-likeness (QED) is 0.866. The molecule has 1 aliphatic rings. The van der Waals surface area contributed by atoms with E-state index in [4.69, 9.17) is 10.00 Å². The van der Waals surface area contributed by atoms with Gasteiger partial charge in [0.2, 0.25) is 0 Å². The first-order chi connectivity index (χ1) is 13.0. The van der Waals surface area contributed by atoms with Crippen LogP contribution in [0.4, 0.5) is 18.9 Å². The molecule has 2 aromatic rings. The monoisotopic (exact) mass is 375 g/mol. The summed E-state index contributed by atoms with van der Waals surface area (Å²) in [6, 6.07) is 13.5.